The number of amides is 1. The van der Waals surface area contributed by atoms with Crippen LogP contribution in [-0.2, 0) is 11.0 Å². The second-order valence-corrected chi connectivity index (χ2v) is 7.28. The molecule has 0 fully saturated rings. The van der Waals surface area contributed by atoms with Gasteiger partial charge in [-0.2, -0.15) is 13.2 Å². The number of carbonyl (C=O) groups is 1. The summed E-state index contributed by atoms with van der Waals surface area (Å²) in [6, 6.07) is 9.59. The topological polar surface area (TPSA) is 67.8 Å². The minimum absolute atomic E-state index is 0.0950. The first kappa shape index (κ1) is 23.0. The molecule has 0 aliphatic heterocycles. The number of rotatable bonds is 8. The lowest BCUT2D eigenvalue weighted by atomic mass is 10.2. The van der Waals surface area contributed by atoms with Crippen LogP contribution < -0.4 is 14.8 Å². The Hall–Kier alpha value is -2.26. The number of nitrogens with one attached hydrogen (secondary N) is 1. The van der Waals surface area contributed by atoms with E-state index in [2.05, 4.69) is 21.2 Å². The van der Waals surface area contributed by atoms with Gasteiger partial charge in [0, 0.05) is 6.54 Å². The average Bonchev–Trinajstić information content (AvgIpc) is 2.66. The predicted molar refractivity (Wildman–Crippen MR) is 105 cm³/mol. The number of aryl methyl sites for hydroxylation is 1. The van der Waals surface area contributed by atoms with Crippen LogP contribution in [0.1, 0.15) is 18.1 Å². The van der Waals surface area contributed by atoms with Gasteiger partial charge < -0.3 is 19.9 Å². The number of aliphatic hydroxyl groups is 1. The van der Waals surface area contributed by atoms with E-state index in [1.807, 2.05) is 19.1 Å². The smallest absolute Gasteiger partial charge is 0.416 e. The molecule has 0 heterocycles. The Morgan fingerprint density at radius 3 is 2.45 bits per heavy atom. The lowest BCUT2D eigenvalue weighted by Gasteiger charge is -2.18. The third kappa shape index (κ3) is 7.25. The second-order valence-electron chi connectivity index (χ2n) is 6.43. The van der Waals surface area contributed by atoms with Crippen LogP contribution in [0.4, 0.5) is 13.2 Å². The molecule has 2 aromatic carbocycles. The largest absolute Gasteiger partial charge is 0.491 e. The molecular formula is C20H21BrF3NO4. The molecule has 2 rings (SSSR count). The van der Waals surface area contributed by atoms with Crippen molar-refractivity contribution >= 4 is 21.8 Å². The van der Waals surface area contributed by atoms with Crippen LogP contribution in [-0.4, -0.2) is 36.4 Å². The zero-order chi connectivity index (χ0) is 21.6. The van der Waals surface area contributed by atoms with Crippen molar-refractivity contribution in [2.75, 3.05) is 13.2 Å². The molecule has 29 heavy (non-hydrogen) atoms. The molecule has 0 saturated heterocycles. The van der Waals surface area contributed by atoms with E-state index in [-0.39, 0.29) is 18.9 Å². The molecule has 0 spiro atoms. The van der Waals surface area contributed by atoms with Gasteiger partial charge in [-0.25, -0.2) is 0 Å². The normalized spacial score (nSPS) is 13.5. The van der Waals surface area contributed by atoms with Gasteiger partial charge in [0.25, 0.3) is 5.91 Å². The molecule has 0 saturated carbocycles. The minimum Gasteiger partial charge on any atom is -0.491 e. The SMILES string of the molecule is Cc1ccc(O[C@@H](C)C(=O)NC[C@@H](O)COc2ccc(C(F)(F)F)cc2)c(Br)c1. The molecule has 0 aliphatic carbocycles. The second kappa shape index (κ2) is 9.98. The Bertz CT molecular complexity index is 827. The van der Waals surface area contributed by atoms with Crippen LogP contribution in [0.5, 0.6) is 11.5 Å². The Morgan fingerprint density at radius 1 is 1.21 bits per heavy atom. The summed E-state index contributed by atoms with van der Waals surface area (Å²) in [5.74, 6) is 0.278. The summed E-state index contributed by atoms with van der Waals surface area (Å²) in [5.41, 5.74) is 0.254. The fourth-order valence-corrected chi connectivity index (χ4v) is 2.89. The maximum Gasteiger partial charge on any atom is 0.416 e. The molecule has 0 aromatic heterocycles. The lowest BCUT2D eigenvalue weighted by molar-refractivity contribution is -0.137. The van der Waals surface area contributed by atoms with Crippen molar-refractivity contribution in [3.63, 3.8) is 0 Å². The van der Waals surface area contributed by atoms with Gasteiger partial charge in [-0.3, -0.25) is 4.79 Å². The number of hydrogen-bond acceptors (Lipinski definition) is 4. The number of benzene rings is 2. The third-order valence-corrected chi connectivity index (χ3v) is 4.52. The number of alkyl halides is 3. The van der Waals surface area contributed by atoms with Gasteiger partial charge >= 0.3 is 6.18 Å². The maximum absolute atomic E-state index is 12.5. The van der Waals surface area contributed by atoms with E-state index < -0.39 is 29.9 Å². The van der Waals surface area contributed by atoms with Crippen molar-refractivity contribution in [3.05, 3.63) is 58.1 Å². The molecule has 0 bridgehead atoms. The fraction of sp³-hybridized carbons (Fsp3) is 0.350. The summed E-state index contributed by atoms with van der Waals surface area (Å²) in [6.45, 7) is 3.22. The highest BCUT2D eigenvalue weighted by atomic mass is 79.9. The van der Waals surface area contributed by atoms with Crippen molar-refractivity contribution in [3.8, 4) is 11.5 Å². The summed E-state index contributed by atoms with van der Waals surface area (Å²) in [6.07, 6.45) is -6.26. The quantitative estimate of drug-likeness (QED) is 0.603. The summed E-state index contributed by atoms with van der Waals surface area (Å²) in [7, 11) is 0. The Labute approximate surface area is 175 Å². The zero-order valence-corrected chi connectivity index (χ0v) is 17.4. The third-order valence-electron chi connectivity index (χ3n) is 3.90. The molecule has 2 atom stereocenters. The fourth-order valence-electron chi connectivity index (χ4n) is 2.30. The molecular weight excluding hydrogens is 455 g/mol. The molecule has 158 valence electrons. The van der Waals surface area contributed by atoms with Crippen LogP contribution in [0.2, 0.25) is 0 Å². The zero-order valence-electron chi connectivity index (χ0n) is 15.8. The average molecular weight is 476 g/mol. The minimum atomic E-state index is -4.42. The van der Waals surface area contributed by atoms with Crippen LogP contribution in [0.25, 0.3) is 0 Å². The molecule has 9 heteroatoms. The Morgan fingerprint density at radius 2 is 1.86 bits per heavy atom. The van der Waals surface area contributed by atoms with Gasteiger partial charge in [-0.1, -0.05) is 6.07 Å². The summed E-state index contributed by atoms with van der Waals surface area (Å²) >= 11 is 3.37. The van der Waals surface area contributed by atoms with Crippen molar-refractivity contribution in [2.45, 2.75) is 32.2 Å². The van der Waals surface area contributed by atoms with E-state index in [0.29, 0.717) is 5.75 Å². The number of carbonyl (C=O) groups excluding carboxylic acids is 1. The van der Waals surface area contributed by atoms with E-state index in [0.717, 1.165) is 22.2 Å². The van der Waals surface area contributed by atoms with E-state index in [9.17, 15) is 23.1 Å². The molecule has 0 radical (unpaired) electrons. The Kier molecular flexibility index (Phi) is 7.92. The van der Waals surface area contributed by atoms with Gasteiger partial charge in [0.15, 0.2) is 6.10 Å². The van der Waals surface area contributed by atoms with E-state index in [1.165, 1.54) is 12.1 Å². The molecule has 0 aliphatic rings. The number of halogens is 4. The van der Waals surface area contributed by atoms with Gasteiger partial charge in [0.05, 0.1) is 10.0 Å². The highest BCUT2D eigenvalue weighted by molar-refractivity contribution is 9.10. The molecule has 5 nitrogen and oxygen atoms in total. The highest BCUT2D eigenvalue weighted by Crippen LogP contribution is 2.30. The standard InChI is InChI=1S/C20H21BrF3NO4/c1-12-3-8-18(17(21)9-12)29-13(2)19(27)25-10-15(26)11-28-16-6-4-14(5-7-16)20(22,23)24/h3-9,13,15,26H,10-11H2,1-2H3,(H,25,27)/t13-,15+/m0/s1. The van der Waals surface area contributed by atoms with E-state index in [1.54, 1.807) is 13.0 Å². The number of hydrogen-bond donors (Lipinski definition) is 2. The van der Waals surface area contributed by atoms with Gasteiger partial charge in [-0.05, 0) is 71.7 Å². The number of ether oxygens (including phenoxy) is 2. The van der Waals surface area contributed by atoms with E-state index in [4.69, 9.17) is 9.47 Å². The predicted octanol–water partition coefficient (Wildman–Crippen LogP) is 4.10. The summed E-state index contributed by atoms with van der Waals surface area (Å²) in [5, 5.41) is 12.5. The van der Waals surface area contributed by atoms with Crippen LogP contribution in [0.3, 0.4) is 0 Å². The monoisotopic (exact) mass is 475 g/mol. The molecule has 2 aromatic rings. The highest BCUT2D eigenvalue weighted by Gasteiger charge is 2.30. The van der Waals surface area contributed by atoms with Crippen LogP contribution in [0, 0.1) is 6.92 Å². The molecule has 1 amide bonds. The van der Waals surface area contributed by atoms with Gasteiger partial charge in [-0.15, -0.1) is 0 Å². The molecule has 0 unspecified atom stereocenters. The van der Waals surface area contributed by atoms with Crippen LogP contribution >= 0.6 is 15.9 Å². The van der Waals surface area contributed by atoms with Crippen LogP contribution in [0.15, 0.2) is 46.9 Å². The van der Waals surface area contributed by atoms with Crippen molar-refractivity contribution < 1.29 is 32.5 Å². The van der Waals surface area contributed by atoms with Crippen molar-refractivity contribution in [1.82, 2.24) is 5.32 Å². The van der Waals surface area contributed by atoms with Crippen molar-refractivity contribution in [2.24, 2.45) is 0 Å². The van der Waals surface area contributed by atoms with Gasteiger partial charge in [0.2, 0.25) is 0 Å². The summed E-state index contributed by atoms with van der Waals surface area (Å²) < 4.78 is 49.1. The maximum atomic E-state index is 12.5. The molecule has 2 N–H and O–H groups in total. The summed E-state index contributed by atoms with van der Waals surface area (Å²) in [4.78, 5) is 12.1. The van der Waals surface area contributed by atoms with Crippen molar-refractivity contribution in [1.29, 1.82) is 0 Å². The van der Waals surface area contributed by atoms with Gasteiger partial charge in [0.1, 0.15) is 24.2 Å². The Balaban J connectivity index is 1.76. The first-order valence-electron chi connectivity index (χ1n) is 8.75. The number of aliphatic hydroxyl groups excluding tert-OH is 1. The lowest BCUT2D eigenvalue weighted by Crippen LogP contribution is -2.41. The first-order chi connectivity index (χ1) is 13.6. The first-order valence-corrected chi connectivity index (χ1v) is 9.54. The van der Waals surface area contributed by atoms with E-state index >= 15 is 0 Å².